The average Bonchev–Trinajstić information content (AvgIpc) is 3.38. The van der Waals surface area contributed by atoms with Crippen molar-refractivity contribution in [2.45, 2.75) is 45.2 Å². The number of aryl methyl sites for hydroxylation is 1. The van der Waals surface area contributed by atoms with Crippen molar-refractivity contribution in [3.63, 3.8) is 0 Å². The Morgan fingerprint density at radius 1 is 1.08 bits per heavy atom. The van der Waals surface area contributed by atoms with Crippen LogP contribution >= 0.6 is 24.8 Å². The molecule has 0 radical (unpaired) electrons. The maximum absolute atomic E-state index is 4.66. The molecular formula is C20H29Cl2N3. The Kier molecular flexibility index (Phi) is 7.51. The summed E-state index contributed by atoms with van der Waals surface area (Å²) in [5.41, 5.74) is 3.68. The normalized spacial score (nSPS) is 18.6. The highest BCUT2D eigenvalue weighted by Crippen LogP contribution is 2.28. The number of hydrogen-bond donors (Lipinski definition) is 1. The second kappa shape index (κ2) is 9.18. The van der Waals surface area contributed by atoms with Gasteiger partial charge in [-0.3, -0.25) is 9.88 Å². The molecule has 2 aromatic rings. The van der Waals surface area contributed by atoms with Crippen molar-refractivity contribution in [3.8, 4) is 0 Å². The number of pyridine rings is 1. The molecule has 2 fully saturated rings. The predicted octanol–water partition coefficient (Wildman–Crippen LogP) is 4.35. The van der Waals surface area contributed by atoms with Gasteiger partial charge >= 0.3 is 0 Å². The zero-order valence-electron chi connectivity index (χ0n) is 14.9. The Hall–Kier alpha value is -0.870. The van der Waals surface area contributed by atoms with E-state index in [4.69, 9.17) is 0 Å². The second-order valence-electron chi connectivity index (χ2n) is 7.34. The van der Waals surface area contributed by atoms with Gasteiger partial charge in [-0.25, -0.2) is 0 Å². The number of aromatic nitrogens is 1. The zero-order valence-corrected chi connectivity index (χ0v) is 16.5. The number of likely N-dealkylation sites (tertiary alicyclic amines) is 1. The van der Waals surface area contributed by atoms with Crippen molar-refractivity contribution < 1.29 is 0 Å². The van der Waals surface area contributed by atoms with Crippen molar-refractivity contribution in [1.82, 2.24) is 15.2 Å². The van der Waals surface area contributed by atoms with Crippen LogP contribution in [0.1, 0.15) is 36.9 Å². The smallest absolute Gasteiger partial charge is 0.0708 e. The summed E-state index contributed by atoms with van der Waals surface area (Å²) in [6, 6.07) is 11.5. The Balaban J connectivity index is 0.00000113. The van der Waals surface area contributed by atoms with E-state index in [-0.39, 0.29) is 24.8 Å². The van der Waals surface area contributed by atoms with Crippen LogP contribution in [-0.2, 0) is 6.54 Å². The van der Waals surface area contributed by atoms with Crippen molar-refractivity contribution >= 4 is 35.7 Å². The summed E-state index contributed by atoms with van der Waals surface area (Å²) in [5, 5.41) is 5.08. The molecule has 0 unspecified atom stereocenters. The van der Waals surface area contributed by atoms with Crippen LogP contribution in [0.4, 0.5) is 0 Å². The molecule has 4 rings (SSSR count). The van der Waals surface area contributed by atoms with Gasteiger partial charge in [-0.15, -0.1) is 24.8 Å². The van der Waals surface area contributed by atoms with Crippen LogP contribution in [0.3, 0.4) is 0 Å². The van der Waals surface area contributed by atoms with Gasteiger partial charge in [0.05, 0.1) is 5.52 Å². The SMILES string of the molecule is Cc1cc(CN2CCC(NCC3CC3)CC2)c2ccccc2n1.Cl.Cl. The minimum Gasteiger partial charge on any atom is -0.314 e. The molecule has 3 nitrogen and oxygen atoms in total. The van der Waals surface area contributed by atoms with Crippen LogP contribution in [0.25, 0.3) is 10.9 Å². The Morgan fingerprint density at radius 3 is 2.52 bits per heavy atom. The maximum atomic E-state index is 4.66. The van der Waals surface area contributed by atoms with Crippen LogP contribution < -0.4 is 5.32 Å². The van der Waals surface area contributed by atoms with E-state index in [0.717, 1.165) is 29.7 Å². The molecule has 1 saturated carbocycles. The molecular weight excluding hydrogens is 353 g/mol. The lowest BCUT2D eigenvalue weighted by Gasteiger charge is -2.32. The van der Waals surface area contributed by atoms with E-state index < -0.39 is 0 Å². The van der Waals surface area contributed by atoms with E-state index in [1.807, 2.05) is 0 Å². The summed E-state index contributed by atoms with van der Waals surface area (Å²) in [6.07, 6.45) is 5.46. The van der Waals surface area contributed by atoms with Gasteiger partial charge < -0.3 is 5.32 Å². The highest BCUT2D eigenvalue weighted by molar-refractivity contribution is 5.85. The summed E-state index contributed by atoms with van der Waals surface area (Å²) >= 11 is 0. The number of piperidine rings is 1. The summed E-state index contributed by atoms with van der Waals surface area (Å²) in [4.78, 5) is 7.27. The number of rotatable bonds is 5. The molecule has 1 N–H and O–H groups in total. The Bertz CT molecular complexity index is 680. The van der Waals surface area contributed by atoms with Crippen molar-refractivity contribution in [2.24, 2.45) is 5.92 Å². The van der Waals surface area contributed by atoms with E-state index in [1.54, 1.807) is 0 Å². The highest BCUT2D eigenvalue weighted by Gasteiger charge is 2.24. The van der Waals surface area contributed by atoms with Crippen molar-refractivity contribution in [1.29, 1.82) is 0 Å². The fourth-order valence-corrected chi connectivity index (χ4v) is 3.72. The molecule has 2 heterocycles. The largest absolute Gasteiger partial charge is 0.314 e. The fourth-order valence-electron chi connectivity index (χ4n) is 3.72. The monoisotopic (exact) mass is 381 g/mol. The number of nitrogens with one attached hydrogen (secondary N) is 1. The third-order valence-corrected chi connectivity index (χ3v) is 5.30. The molecule has 1 aliphatic heterocycles. The third-order valence-electron chi connectivity index (χ3n) is 5.30. The first-order chi connectivity index (χ1) is 11.3. The molecule has 0 bridgehead atoms. The summed E-state index contributed by atoms with van der Waals surface area (Å²) < 4.78 is 0. The minimum atomic E-state index is 0. The Labute approximate surface area is 163 Å². The third kappa shape index (κ3) is 5.30. The van der Waals surface area contributed by atoms with Gasteiger partial charge in [-0.05, 0) is 75.9 Å². The van der Waals surface area contributed by atoms with Crippen molar-refractivity contribution in [3.05, 3.63) is 41.6 Å². The highest BCUT2D eigenvalue weighted by atomic mass is 35.5. The molecule has 1 saturated heterocycles. The summed E-state index contributed by atoms with van der Waals surface area (Å²) in [7, 11) is 0. The second-order valence-corrected chi connectivity index (χ2v) is 7.34. The molecule has 0 atom stereocenters. The van der Waals surface area contributed by atoms with E-state index in [1.165, 1.54) is 56.3 Å². The van der Waals surface area contributed by atoms with Gasteiger partial charge in [-0.1, -0.05) is 18.2 Å². The quantitative estimate of drug-likeness (QED) is 0.833. The maximum Gasteiger partial charge on any atom is 0.0708 e. The first kappa shape index (κ1) is 20.4. The van der Waals surface area contributed by atoms with Crippen molar-refractivity contribution in [2.75, 3.05) is 19.6 Å². The fraction of sp³-hybridized carbons (Fsp3) is 0.550. The van der Waals surface area contributed by atoms with Crippen LogP contribution in [-0.4, -0.2) is 35.6 Å². The van der Waals surface area contributed by atoms with Gasteiger partial charge in [0.2, 0.25) is 0 Å². The predicted molar refractivity (Wildman–Crippen MR) is 110 cm³/mol. The minimum absolute atomic E-state index is 0. The van der Waals surface area contributed by atoms with E-state index >= 15 is 0 Å². The lowest BCUT2D eigenvalue weighted by Crippen LogP contribution is -2.42. The van der Waals surface area contributed by atoms with Gasteiger partial charge in [0.25, 0.3) is 0 Å². The first-order valence-corrected chi connectivity index (χ1v) is 9.09. The molecule has 25 heavy (non-hydrogen) atoms. The molecule has 5 heteroatoms. The van der Waals surface area contributed by atoms with E-state index in [0.29, 0.717) is 0 Å². The topological polar surface area (TPSA) is 28.2 Å². The summed E-state index contributed by atoms with van der Waals surface area (Å²) in [5.74, 6) is 0.985. The molecule has 138 valence electrons. The average molecular weight is 382 g/mol. The number of halogens is 2. The molecule has 1 aromatic carbocycles. The van der Waals surface area contributed by atoms with Gasteiger partial charge in [-0.2, -0.15) is 0 Å². The first-order valence-electron chi connectivity index (χ1n) is 9.09. The number of fused-ring (bicyclic) bond motifs is 1. The van der Waals surface area contributed by atoms with Gasteiger partial charge in [0, 0.05) is 23.7 Å². The van der Waals surface area contributed by atoms with Crippen LogP contribution in [0.2, 0.25) is 0 Å². The van der Waals surface area contributed by atoms with E-state index in [9.17, 15) is 0 Å². The number of hydrogen-bond acceptors (Lipinski definition) is 3. The standard InChI is InChI=1S/C20H27N3.2ClH/c1-15-12-17(19-4-2-3-5-20(19)22-15)14-23-10-8-18(9-11-23)21-13-16-6-7-16;;/h2-5,12,16,18,21H,6-11,13-14H2,1H3;2*1H. The molecule has 1 aromatic heterocycles. The summed E-state index contributed by atoms with van der Waals surface area (Å²) in [6.45, 7) is 6.82. The molecule has 0 amide bonds. The molecule has 1 aliphatic carbocycles. The van der Waals surface area contributed by atoms with Crippen LogP contribution in [0.15, 0.2) is 30.3 Å². The lowest BCUT2D eigenvalue weighted by molar-refractivity contribution is 0.190. The molecule has 2 aliphatic rings. The van der Waals surface area contributed by atoms with Gasteiger partial charge in [0.15, 0.2) is 0 Å². The molecule has 0 spiro atoms. The van der Waals surface area contributed by atoms with Crippen LogP contribution in [0, 0.1) is 12.8 Å². The van der Waals surface area contributed by atoms with Gasteiger partial charge in [0.1, 0.15) is 0 Å². The zero-order chi connectivity index (χ0) is 15.6. The lowest BCUT2D eigenvalue weighted by atomic mass is 10.0. The van der Waals surface area contributed by atoms with Crippen LogP contribution in [0.5, 0.6) is 0 Å². The number of para-hydroxylation sites is 1. The number of nitrogens with zero attached hydrogens (tertiary/aromatic N) is 2. The number of benzene rings is 1. The van der Waals surface area contributed by atoms with E-state index in [2.05, 4.69) is 52.5 Å². The Morgan fingerprint density at radius 2 is 1.80 bits per heavy atom.